The molecule has 1 heterocycles. The SMILES string of the molecule is CC1(C)CCN(S(=O)(=O)c2cc(Cl)cc(N)c2F)C1. The van der Waals surface area contributed by atoms with Gasteiger partial charge in [0, 0.05) is 18.1 Å². The third-order valence-corrected chi connectivity index (χ3v) is 5.35. The van der Waals surface area contributed by atoms with Crippen molar-refractivity contribution in [1.29, 1.82) is 0 Å². The minimum absolute atomic E-state index is 0.104. The zero-order valence-electron chi connectivity index (χ0n) is 10.8. The fourth-order valence-corrected chi connectivity index (χ4v) is 4.22. The fraction of sp³-hybridized carbons (Fsp3) is 0.500. The lowest BCUT2D eigenvalue weighted by Crippen LogP contribution is -2.31. The Morgan fingerprint density at radius 3 is 2.58 bits per heavy atom. The average molecular weight is 307 g/mol. The zero-order valence-corrected chi connectivity index (χ0v) is 12.4. The largest absolute Gasteiger partial charge is 0.396 e. The van der Waals surface area contributed by atoms with Crippen molar-refractivity contribution < 1.29 is 12.8 Å². The Balaban J connectivity index is 2.47. The molecule has 4 nitrogen and oxygen atoms in total. The van der Waals surface area contributed by atoms with Gasteiger partial charge in [0.15, 0.2) is 5.82 Å². The minimum Gasteiger partial charge on any atom is -0.396 e. The molecule has 2 rings (SSSR count). The van der Waals surface area contributed by atoms with Crippen molar-refractivity contribution in [3.63, 3.8) is 0 Å². The first kappa shape index (κ1) is 14.6. The summed E-state index contributed by atoms with van der Waals surface area (Å²) >= 11 is 5.76. The summed E-state index contributed by atoms with van der Waals surface area (Å²) in [6.07, 6.45) is 0.740. The number of halogens is 2. The number of nitrogens with two attached hydrogens (primary N) is 1. The van der Waals surface area contributed by atoms with Crippen LogP contribution >= 0.6 is 11.6 Å². The van der Waals surface area contributed by atoms with Crippen LogP contribution in [-0.2, 0) is 10.0 Å². The van der Waals surface area contributed by atoms with E-state index >= 15 is 0 Å². The topological polar surface area (TPSA) is 63.4 Å². The summed E-state index contributed by atoms with van der Waals surface area (Å²) in [4.78, 5) is -0.449. The first-order valence-electron chi connectivity index (χ1n) is 5.88. The predicted octanol–water partition coefficient (Wildman–Crippen LogP) is 2.48. The smallest absolute Gasteiger partial charge is 0.246 e. The summed E-state index contributed by atoms with van der Waals surface area (Å²) in [5.41, 5.74) is 5.06. The van der Waals surface area contributed by atoms with Crippen molar-refractivity contribution in [1.82, 2.24) is 4.31 Å². The zero-order chi connectivity index (χ0) is 14.4. The summed E-state index contributed by atoms with van der Waals surface area (Å²) in [6, 6.07) is 2.30. The molecule has 0 bridgehead atoms. The van der Waals surface area contributed by atoms with Gasteiger partial charge in [-0.2, -0.15) is 4.31 Å². The van der Waals surface area contributed by atoms with Gasteiger partial charge < -0.3 is 5.73 Å². The molecule has 1 aromatic rings. The van der Waals surface area contributed by atoms with Gasteiger partial charge in [0.25, 0.3) is 0 Å². The van der Waals surface area contributed by atoms with E-state index in [9.17, 15) is 12.8 Å². The van der Waals surface area contributed by atoms with Crippen LogP contribution in [0, 0.1) is 11.2 Å². The number of hydrogen-bond acceptors (Lipinski definition) is 3. The molecule has 1 aliphatic heterocycles. The number of sulfonamides is 1. The lowest BCUT2D eigenvalue weighted by Gasteiger charge is -2.20. The van der Waals surface area contributed by atoms with Crippen molar-refractivity contribution in [3.8, 4) is 0 Å². The van der Waals surface area contributed by atoms with Crippen LogP contribution in [-0.4, -0.2) is 25.8 Å². The van der Waals surface area contributed by atoms with Gasteiger partial charge in [-0.1, -0.05) is 25.4 Å². The molecular formula is C12H16ClFN2O2S. The number of nitrogens with zero attached hydrogens (tertiary/aromatic N) is 1. The highest BCUT2D eigenvalue weighted by molar-refractivity contribution is 7.89. The van der Waals surface area contributed by atoms with E-state index in [0.717, 1.165) is 12.5 Å². The van der Waals surface area contributed by atoms with Crippen LogP contribution in [0.1, 0.15) is 20.3 Å². The van der Waals surface area contributed by atoms with Gasteiger partial charge in [-0.15, -0.1) is 0 Å². The molecular weight excluding hydrogens is 291 g/mol. The molecule has 19 heavy (non-hydrogen) atoms. The third kappa shape index (κ3) is 2.70. The molecule has 2 N–H and O–H groups in total. The molecule has 1 fully saturated rings. The second-order valence-corrected chi connectivity index (χ2v) is 7.90. The fourth-order valence-electron chi connectivity index (χ4n) is 2.18. The van der Waals surface area contributed by atoms with Gasteiger partial charge >= 0.3 is 0 Å². The van der Waals surface area contributed by atoms with E-state index in [1.165, 1.54) is 10.4 Å². The molecule has 7 heteroatoms. The molecule has 0 saturated carbocycles. The second kappa shape index (κ2) is 4.61. The van der Waals surface area contributed by atoms with Crippen LogP contribution in [0.25, 0.3) is 0 Å². The Morgan fingerprint density at radius 2 is 2.05 bits per heavy atom. The number of rotatable bonds is 2. The Labute approximate surface area is 117 Å². The van der Waals surface area contributed by atoms with E-state index in [1.54, 1.807) is 0 Å². The Morgan fingerprint density at radius 1 is 1.42 bits per heavy atom. The van der Waals surface area contributed by atoms with Gasteiger partial charge in [-0.05, 0) is 24.0 Å². The monoisotopic (exact) mass is 306 g/mol. The third-order valence-electron chi connectivity index (χ3n) is 3.29. The maximum absolute atomic E-state index is 13.9. The van der Waals surface area contributed by atoms with Crippen LogP contribution in [0.3, 0.4) is 0 Å². The van der Waals surface area contributed by atoms with E-state index < -0.39 is 20.7 Å². The molecule has 106 valence electrons. The van der Waals surface area contributed by atoms with E-state index in [1.807, 2.05) is 13.8 Å². The second-order valence-electron chi connectivity index (χ2n) is 5.56. The molecule has 0 radical (unpaired) electrons. The average Bonchev–Trinajstić information content (AvgIpc) is 2.64. The normalized spacial score (nSPS) is 19.8. The molecule has 0 aromatic heterocycles. The number of nitrogen functional groups attached to an aromatic ring is 1. The highest BCUT2D eigenvalue weighted by atomic mass is 35.5. The number of anilines is 1. The Hall–Kier alpha value is -0.850. The first-order valence-corrected chi connectivity index (χ1v) is 7.70. The first-order chi connectivity index (χ1) is 8.63. The summed E-state index contributed by atoms with van der Waals surface area (Å²) in [5.74, 6) is -0.936. The van der Waals surface area contributed by atoms with E-state index in [-0.39, 0.29) is 16.1 Å². The maximum Gasteiger partial charge on any atom is 0.246 e. The van der Waals surface area contributed by atoms with Crippen LogP contribution in [0.4, 0.5) is 10.1 Å². The molecule has 0 aliphatic carbocycles. The molecule has 0 atom stereocenters. The molecule has 0 amide bonds. The summed E-state index contributed by atoms with van der Waals surface area (Å²) in [6.45, 7) is 4.69. The molecule has 1 aromatic carbocycles. The Bertz CT molecular complexity index is 616. The van der Waals surface area contributed by atoms with Gasteiger partial charge in [-0.25, -0.2) is 12.8 Å². The quantitative estimate of drug-likeness (QED) is 0.854. The van der Waals surface area contributed by atoms with Gasteiger partial charge in [0.2, 0.25) is 10.0 Å². The maximum atomic E-state index is 13.9. The molecule has 1 saturated heterocycles. The van der Waals surface area contributed by atoms with Gasteiger partial charge in [0.05, 0.1) is 5.69 Å². The van der Waals surface area contributed by atoms with Crippen molar-refractivity contribution in [2.75, 3.05) is 18.8 Å². The van der Waals surface area contributed by atoms with Crippen LogP contribution in [0.2, 0.25) is 5.02 Å². The molecule has 0 spiro atoms. The van der Waals surface area contributed by atoms with Crippen LogP contribution < -0.4 is 5.73 Å². The van der Waals surface area contributed by atoms with Crippen molar-refractivity contribution in [2.24, 2.45) is 5.41 Å². The van der Waals surface area contributed by atoms with Crippen molar-refractivity contribution in [3.05, 3.63) is 23.0 Å². The Kier molecular flexibility index (Phi) is 3.53. The number of benzene rings is 1. The molecule has 0 unspecified atom stereocenters. The lowest BCUT2D eigenvalue weighted by atomic mass is 9.93. The highest BCUT2D eigenvalue weighted by Gasteiger charge is 2.38. The van der Waals surface area contributed by atoms with E-state index in [0.29, 0.717) is 13.1 Å². The summed E-state index contributed by atoms with van der Waals surface area (Å²) in [7, 11) is -3.89. The van der Waals surface area contributed by atoms with Crippen LogP contribution in [0.15, 0.2) is 17.0 Å². The van der Waals surface area contributed by atoms with Gasteiger partial charge in [-0.3, -0.25) is 0 Å². The number of hydrogen-bond donors (Lipinski definition) is 1. The van der Waals surface area contributed by atoms with Crippen molar-refractivity contribution in [2.45, 2.75) is 25.2 Å². The van der Waals surface area contributed by atoms with E-state index in [2.05, 4.69) is 0 Å². The standard InChI is InChI=1S/C12H16ClFN2O2S/c1-12(2)3-4-16(7-12)19(17,18)10-6-8(13)5-9(15)11(10)14/h5-6H,3-4,7,15H2,1-2H3. The van der Waals surface area contributed by atoms with Gasteiger partial charge in [0.1, 0.15) is 4.90 Å². The van der Waals surface area contributed by atoms with Crippen molar-refractivity contribution >= 4 is 27.3 Å². The predicted molar refractivity (Wildman–Crippen MR) is 73.0 cm³/mol. The lowest BCUT2D eigenvalue weighted by molar-refractivity contribution is 0.374. The van der Waals surface area contributed by atoms with Crippen LogP contribution in [0.5, 0.6) is 0 Å². The van der Waals surface area contributed by atoms with E-state index in [4.69, 9.17) is 17.3 Å². The summed E-state index contributed by atoms with van der Waals surface area (Å²) < 4.78 is 40.1. The molecule has 1 aliphatic rings. The highest BCUT2D eigenvalue weighted by Crippen LogP contribution is 2.35. The minimum atomic E-state index is -3.89. The summed E-state index contributed by atoms with van der Waals surface area (Å²) in [5, 5.41) is 0.107.